The number of phosphoric acid groups is 2. The maximum absolute atomic E-state index is 13.1. The summed E-state index contributed by atoms with van der Waals surface area (Å²) in [5.41, 5.74) is 0. The quantitative estimate of drug-likeness (QED) is 0.0169. The van der Waals surface area contributed by atoms with E-state index in [0.29, 0.717) is 25.7 Å². The third kappa shape index (κ3) is 79.0. The summed E-state index contributed by atoms with van der Waals surface area (Å²) in [7, 11) is -9.99. The van der Waals surface area contributed by atoms with Crippen molar-refractivity contribution in [3.8, 4) is 0 Å². The van der Waals surface area contributed by atoms with Crippen molar-refractivity contribution in [1.29, 1.82) is 0 Å². The number of allylic oxidation sites excluding steroid dienone is 24. The van der Waals surface area contributed by atoms with E-state index in [-0.39, 0.29) is 25.7 Å². The predicted molar refractivity (Wildman–Crippen MR) is 445 cm³/mol. The molecule has 0 aromatic heterocycles. The second-order valence-electron chi connectivity index (χ2n) is 27.6. The number of unbranched alkanes of at least 4 members (excludes halogenated alkanes) is 28. The number of phosphoric ester groups is 2. The lowest BCUT2D eigenvalue weighted by Crippen LogP contribution is -2.30. The molecule has 0 amide bonds. The zero-order valence-corrected chi connectivity index (χ0v) is 69.5. The van der Waals surface area contributed by atoms with E-state index < -0.39 is 97.5 Å². The molecule has 108 heavy (non-hydrogen) atoms. The topological polar surface area (TPSA) is 237 Å². The first-order valence-electron chi connectivity index (χ1n) is 42.1. The van der Waals surface area contributed by atoms with E-state index in [1.54, 1.807) is 0 Å². The first-order chi connectivity index (χ1) is 52.7. The summed E-state index contributed by atoms with van der Waals surface area (Å²) in [5.74, 6) is -2.26. The Kier molecular flexibility index (Phi) is 76.3. The van der Waals surface area contributed by atoms with Crippen molar-refractivity contribution in [2.45, 2.75) is 354 Å². The summed E-state index contributed by atoms with van der Waals surface area (Å²) in [6.45, 7) is 4.57. The number of hydrogen-bond acceptors (Lipinski definition) is 15. The van der Waals surface area contributed by atoms with Gasteiger partial charge in [-0.15, -0.1) is 0 Å². The minimum atomic E-state index is -5.00. The van der Waals surface area contributed by atoms with Crippen LogP contribution in [0.5, 0.6) is 0 Å². The van der Waals surface area contributed by atoms with Crippen LogP contribution in [0.15, 0.2) is 146 Å². The van der Waals surface area contributed by atoms with Gasteiger partial charge in [-0.3, -0.25) is 37.3 Å². The average molecular weight is 1550 g/mol. The van der Waals surface area contributed by atoms with Crippen molar-refractivity contribution in [3.05, 3.63) is 146 Å². The number of hydrogen-bond donors (Lipinski definition) is 3. The second kappa shape index (κ2) is 80.0. The fourth-order valence-corrected chi connectivity index (χ4v) is 12.5. The van der Waals surface area contributed by atoms with E-state index in [1.807, 2.05) is 0 Å². The maximum atomic E-state index is 13.1. The Morgan fingerprint density at radius 1 is 0.269 bits per heavy atom. The Balaban J connectivity index is 5.45. The van der Waals surface area contributed by atoms with Gasteiger partial charge in [0.1, 0.15) is 19.3 Å². The van der Waals surface area contributed by atoms with Gasteiger partial charge in [0.05, 0.1) is 26.4 Å². The number of carbonyl (C=O) groups is 4. The number of aliphatic hydroxyl groups excluding tert-OH is 1. The van der Waals surface area contributed by atoms with Crippen molar-refractivity contribution < 1.29 is 80.2 Å². The van der Waals surface area contributed by atoms with Crippen LogP contribution in [0.1, 0.15) is 336 Å². The largest absolute Gasteiger partial charge is 0.472 e. The first kappa shape index (κ1) is 103. The van der Waals surface area contributed by atoms with Crippen molar-refractivity contribution in [2.24, 2.45) is 0 Å². The summed E-state index contributed by atoms with van der Waals surface area (Å²) >= 11 is 0. The van der Waals surface area contributed by atoms with Crippen LogP contribution < -0.4 is 0 Å². The minimum absolute atomic E-state index is 0.0504. The number of carbonyl (C=O) groups excluding carboxylic acids is 4. The lowest BCUT2D eigenvalue weighted by Gasteiger charge is -2.21. The zero-order chi connectivity index (χ0) is 78.9. The zero-order valence-electron chi connectivity index (χ0n) is 67.7. The molecule has 0 aliphatic rings. The van der Waals surface area contributed by atoms with Gasteiger partial charge in [0.25, 0.3) is 0 Å². The highest BCUT2D eigenvalue weighted by Crippen LogP contribution is 2.45. The molecule has 19 heteroatoms. The van der Waals surface area contributed by atoms with E-state index in [9.17, 15) is 43.2 Å². The maximum Gasteiger partial charge on any atom is 0.472 e. The predicted octanol–water partition coefficient (Wildman–Crippen LogP) is 25.0. The lowest BCUT2D eigenvalue weighted by atomic mass is 10.1. The fourth-order valence-electron chi connectivity index (χ4n) is 10.9. The minimum Gasteiger partial charge on any atom is -0.462 e. The third-order valence-corrected chi connectivity index (χ3v) is 19.2. The van der Waals surface area contributed by atoms with E-state index >= 15 is 0 Å². The third-order valence-electron chi connectivity index (χ3n) is 17.3. The van der Waals surface area contributed by atoms with Gasteiger partial charge >= 0.3 is 39.5 Å². The van der Waals surface area contributed by atoms with Gasteiger partial charge < -0.3 is 33.8 Å². The van der Waals surface area contributed by atoms with Crippen LogP contribution in [0.25, 0.3) is 0 Å². The van der Waals surface area contributed by atoms with Gasteiger partial charge in [-0.05, 0) is 167 Å². The van der Waals surface area contributed by atoms with Crippen LogP contribution in [0.4, 0.5) is 0 Å². The second-order valence-corrected chi connectivity index (χ2v) is 30.6. The highest BCUT2D eigenvalue weighted by molar-refractivity contribution is 7.47. The molecule has 2 unspecified atom stereocenters. The Labute approximate surface area is 656 Å². The monoisotopic (exact) mass is 1550 g/mol. The Morgan fingerprint density at radius 2 is 0.481 bits per heavy atom. The normalized spacial score (nSPS) is 14.5. The summed E-state index contributed by atoms with van der Waals surface area (Å²) < 4.78 is 68.7. The number of rotatable bonds is 78. The molecule has 0 rings (SSSR count). The van der Waals surface area contributed by atoms with E-state index in [1.165, 1.54) is 64.2 Å². The van der Waals surface area contributed by atoms with Crippen molar-refractivity contribution >= 4 is 39.5 Å². The van der Waals surface area contributed by atoms with Gasteiger partial charge in [-0.25, -0.2) is 9.13 Å². The molecule has 0 aromatic rings. The van der Waals surface area contributed by atoms with Crippen LogP contribution in [0.3, 0.4) is 0 Å². The first-order valence-corrected chi connectivity index (χ1v) is 45.1. The molecule has 3 N–H and O–H groups in total. The number of ether oxygens (including phenoxy) is 4. The molecule has 0 spiro atoms. The Bertz CT molecular complexity index is 2610. The molecular formula is C89H150O17P2. The molecule has 0 aromatic carbocycles. The molecule has 17 nitrogen and oxygen atoms in total. The molecule has 5 atom stereocenters. The molecule has 0 aliphatic carbocycles. The summed E-state index contributed by atoms with van der Waals surface area (Å²) in [5, 5.41) is 10.7. The standard InChI is InChI=1S/C89H150O17P2/c1-5-9-13-17-21-25-29-33-37-39-41-43-47-50-54-58-62-66-70-74-87(92)100-80-84(105-88(93)75-71-67-63-59-55-51-46-36-32-28-24-20-16-12-8-4)81-103-107(95,96)101-77-83(90)78-102-108(97,98)104-82-85(79-99-86(91)73-69-65-61-57-53-49-45-35-31-27-23-19-15-11-7-3)106-89(94)76-72-68-64-60-56-52-48-44-42-40-38-34-30-26-22-18-14-10-6-2/h9-10,13-14,21-22,25-26,28,32-35,37-38,41-45,50,52,54,56,83-85,90H,5-8,11-12,15-20,23-24,27,29-31,36,39-40,46-49,51,53,55,57-82H2,1-4H3,(H,95,96)(H,97,98)/b13-9-,14-10-,25-21-,26-22-,32-28-,37-33-,38-34-,43-41-,44-42-,45-35-,54-50-,56-52-/t83-,84-,85-/m1/s1. The van der Waals surface area contributed by atoms with E-state index in [0.717, 1.165) is 193 Å². The molecule has 0 bridgehead atoms. The van der Waals surface area contributed by atoms with Crippen molar-refractivity contribution in [2.75, 3.05) is 39.6 Å². The average Bonchev–Trinajstić information content (AvgIpc) is 0.914. The van der Waals surface area contributed by atoms with Crippen LogP contribution in [-0.4, -0.2) is 96.7 Å². The summed E-state index contributed by atoms with van der Waals surface area (Å²) in [6, 6.07) is 0. The fraction of sp³-hybridized carbons (Fsp3) is 0.685. The molecule has 0 fully saturated rings. The van der Waals surface area contributed by atoms with Crippen LogP contribution in [-0.2, 0) is 65.4 Å². The molecule has 0 saturated carbocycles. The smallest absolute Gasteiger partial charge is 0.462 e. The van der Waals surface area contributed by atoms with Crippen LogP contribution in [0.2, 0.25) is 0 Å². The van der Waals surface area contributed by atoms with Gasteiger partial charge in [0, 0.05) is 25.7 Å². The van der Waals surface area contributed by atoms with Crippen molar-refractivity contribution in [3.63, 3.8) is 0 Å². The van der Waals surface area contributed by atoms with Gasteiger partial charge in [-0.1, -0.05) is 289 Å². The van der Waals surface area contributed by atoms with Crippen molar-refractivity contribution in [1.82, 2.24) is 0 Å². The number of aliphatic hydroxyl groups is 1. The Morgan fingerprint density at radius 3 is 0.769 bits per heavy atom. The number of esters is 4. The summed E-state index contributed by atoms with van der Waals surface area (Å²) in [6.07, 6.45) is 92.4. The highest BCUT2D eigenvalue weighted by atomic mass is 31.2. The van der Waals surface area contributed by atoms with Gasteiger partial charge in [0.15, 0.2) is 12.2 Å². The van der Waals surface area contributed by atoms with Gasteiger partial charge in [-0.2, -0.15) is 0 Å². The highest BCUT2D eigenvalue weighted by Gasteiger charge is 2.30. The molecular weight excluding hydrogens is 1400 g/mol. The molecule has 0 aliphatic heterocycles. The summed E-state index contributed by atoms with van der Waals surface area (Å²) in [4.78, 5) is 73.2. The van der Waals surface area contributed by atoms with Crippen LogP contribution >= 0.6 is 15.6 Å². The van der Waals surface area contributed by atoms with E-state index in [4.69, 9.17) is 37.0 Å². The molecule has 0 radical (unpaired) electrons. The SMILES string of the molecule is CC/C=C\C/C=C\C/C=C\C/C=C\C/C=C\CCCCCC(=O)OC[C@H](COP(=O)(O)OC[C@@H](O)COP(=O)(O)OC[C@@H](COC(=O)CCCCCCC/C=C\CCCCCCCC)OC(=O)CCCCC/C=C\C/C=C\C/C=C\C/C=C\C/C=C\CC)OC(=O)CCCCCCCCC/C=C\CCCCCC. The van der Waals surface area contributed by atoms with Crippen LogP contribution in [0, 0.1) is 0 Å². The molecule has 618 valence electrons. The lowest BCUT2D eigenvalue weighted by molar-refractivity contribution is -0.161. The molecule has 0 saturated heterocycles. The van der Waals surface area contributed by atoms with Gasteiger partial charge in [0.2, 0.25) is 0 Å². The molecule has 0 heterocycles. The van der Waals surface area contributed by atoms with E-state index in [2.05, 4.69) is 174 Å². The Hall–Kier alpha value is -5.06.